The summed E-state index contributed by atoms with van der Waals surface area (Å²) in [6.45, 7) is 13.0. The summed E-state index contributed by atoms with van der Waals surface area (Å²) in [6, 6.07) is 25.9. The van der Waals surface area contributed by atoms with Crippen LogP contribution in [0.1, 0.15) is 72.2 Å². The molecule has 4 aromatic carbocycles. The van der Waals surface area contributed by atoms with Crippen LogP contribution >= 0.6 is 0 Å². The zero-order chi connectivity index (χ0) is 36.1. The van der Waals surface area contributed by atoms with Gasteiger partial charge in [0.1, 0.15) is 36.2 Å². The first-order valence-corrected chi connectivity index (χ1v) is 18.8. The zero-order valence-corrected chi connectivity index (χ0v) is 31.2. The van der Waals surface area contributed by atoms with Crippen LogP contribution in [0, 0.1) is 0 Å². The Morgan fingerprint density at radius 1 is 0.365 bits per heavy atom. The Balaban J connectivity index is 1.50. The Bertz CT molecular complexity index is 1520. The Hall–Kier alpha value is -4.08. The van der Waals surface area contributed by atoms with Gasteiger partial charge in [0.05, 0.1) is 65.1 Å². The number of hydrogen-bond donors (Lipinski definition) is 0. The van der Waals surface area contributed by atoms with Crippen LogP contribution in [-0.4, -0.2) is 78.3 Å². The van der Waals surface area contributed by atoms with Gasteiger partial charge in [0, 0.05) is 25.7 Å². The molecule has 1 aliphatic carbocycles. The Labute approximate surface area is 309 Å². The fourth-order valence-electron chi connectivity index (χ4n) is 6.80. The molecular formula is C44H54O8. The molecule has 8 nitrogen and oxygen atoms in total. The maximum Gasteiger partial charge on any atom is 0.126 e. The highest BCUT2D eigenvalue weighted by Gasteiger charge is 2.22. The number of ether oxygens (including phenoxy) is 8. The van der Waals surface area contributed by atoms with Crippen molar-refractivity contribution in [2.24, 2.45) is 0 Å². The quantitative estimate of drug-likeness (QED) is 0.187. The van der Waals surface area contributed by atoms with Gasteiger partial charge in [-0.05, 0) is 72.2 Å². The van der Waals surface area contributed by atoms with Crippen molar-refractivity contribution >= 4 is 0 Å². The smallest absolute Gasteiger partial charge is 0.126 e. The summed E-state index contributed by atoms with van der Waals surface area (Å²) in [4.78, 5) is 0. The number of benzene rings is 4. The van der Waals surface area contributed by atoms with E-state index in [1.807, 2.05) is 0 Å². The maximum absolute atomic E-state index is 6.66. The van der Waals surface area contributed by atoms with Crippen LogP contribution in [0.5, 0.6) is 23.0 Å². The summed E-state index contributed by atoms with van der Waals surface area (Å²) in [7, 11) is 0. The van der Waals surface area contributed by atoms with Crippen molar-refractivity contribution in [2.75, 3.05) is 66.1 Å². The number of rotatable bonds is 4. The van der Waals surface area contributed by atoms with Gasteiger partial charge in [0.25, 0.3) is 0 Å². The molecule has 1 aliphatic heterocycles. The molecule has 4 aromatic rings. The van der Waals surface area contributed by atoms with Gasteiger partial charge in [0.15, 0.2) is 0 Å². The molecule has 6 rings (SSSR count). The summed E-state index contributed by atoms with van der Waals surface area (Å²) in [5.41, 5.74) is 8.82. The van der Waals surface area contributed by atoms with Gasteiger partial charge in [-0.2, -0.15) is 0 Å². The average molecular weight is 711 g/mol. The van der Waals surface area contributed by atoms with Crippen LogP contribution in [0.4, 0.5) is 0 Å². The molecule has 0 fully saturated rings. The normalized spacial score (nSPS) is 16.5. The minimum Gasteiger partial charge on any atom is -0.491 e. The summed E-state index contributed by atoms with van der Waals surface area (Å²) >= 11 is 0. The molecule has 52 heavy (non-hydrogen) atoms. The van der Waals surface area contributed by atoms with E-state index in [4.69, 9.17) is 37.9 Å². The number of para-hydroxylation sites is 4. The Kier molecular flexibility index (Phi) is 13.9. The SMILES string of the molecule is CC(C)Oc1c2cccc1Cc1cccc3c1OCCOCCOCCOCCOCCOc1c(cccc1Cc1cccc(c1OC(C)C)C3)C2. The van der Waals surface area contributed by atoms with Gasteiger partial charge in [-0.25, -0.2) is 0 Å². The molecule has 0 spiro atoms. The molecule has 0 atom stereocenters. The third-order valence-corrected chi connectivity index (χ3v) is 9.01. The van der Waals surface area contributed by atoms with E-state index in [9.17, 15) is 0 Å². The summed E-state index contributed by atoms with van der Waals surface area (Å²) < 4.78 is 49.8. The van der Waals surface area contributed by atoms with Gasteiger partial charge >= 0.3 is 0 Å². The van der Waals surface area contributed by atoms with Crippen LogP contribution < -0.4 is 18.9 Å². The second kappa shape index (κ2) is 19.1. The van der Waals surface area contributed by atoms with Crippen LogP contribution in [0.15, 0.2) is 72.8 Å². The molecule has 0 saturated carbocycles. The van der Waals surface area contributed by atoms with Gasteiger partial charge in [-0.15, -0.1) is 0 Å². The molecule has 278 valence electrons. The first-order valence-electron chi connectivity index (χ1n) is 18.8. The fraction of sp³-hybridized carbons (Fsp3) is 0.455. The maximum atomic E-state index is 6.66. The van der Waals surface area contributed by atoms with Crippen molar-refractivity contribution < 1.29 is 37.9 Å². The summed E-state index contributed by atoms with van der Waals surface area (Å²) in [5.74, 6) is 3.57. The van der Waals surface area contributed by atoms with E-state index in [0.29, 0.717) is 91.8 Å². The van der Waals surface area contributed by atoms with Crippen LogP contribution in [0.2, 0.25) is 0 Å². The Morgan fingerprint density at radius 3 is 0.885 bits per heavy atom. The van der Waals surface area contributed by atoms with Crippen LogP contribution in [0.25, 0.3) is 0 Å². The lowest BCUT2D eigenvalue weighted by molar-refractivity contribution is -0.00706. The molecule has 1 heterocycles. The van der Waals surface area contributed by atoms with Crippen molar-refractivity contribution in [3.05, 3.63) is 117 Å². The number of fused-ring (bicyclic) bond motifs is 2. The molecule has 0 amide bonds. The van der Waals surface area contributed by atoms with Crippen molar-refractivity contribution in [3.8, 4) is 23.0 Å². The van der Waals surface area contributed by atoms with E-state index in [0.717, 1.165) is 67.5 Å². The van der Waals surface area contributed by atoms with Gasteiger partial charge in [-0.3, -0.25) is 0 Å². The fourth-order valence-corrected chi connectivity index (χ4v) is 6.80. The van der Waals surface area contributed by atoms with Crippen LogP contribution in [-0.2, 0) is 44.6 Å². The van der Waals surface area contributed by atoms with E-state index < -0.39 is 0 Å². The molecular weight excluding hydrogens is 656 g/mol. The molecule has 2 aliphatic rings. The zero-order valence-electron chi connectivity index (χ0n) is 31.2. The molecule has 0 radical (unpaired) electrons. The average Bonchev–Trinajstić information content (AvgIpc) is 3.11. The topological polar surface area (TPSA) is 73.8 Å². The minimum absolute atomic E-state index is 0.00248. The monoisotopic (exact) mass is 710 g/mol. The predicted octanol–water partition coefficient (Wildman–Crippen LogP) is 7.78. The third kappa shape index (κ3) is 10.3. The number of hydrogen-bond acceptors (Lipinski definition) is 8. The largest absolute Gasteiger partial charge is 0.491 e. The summed E-state index contributed by atoms with van der Waals surface area (Å²) in [6.07, 6.45) is 2.57. The van der Waals surface area contributed by atoms with Crippen molar-refractivity contribution in [1.29, 1.82) is 0 Å². The Morgan fingerprint density at radius 2 is 0.615 bits per heavy atom. The predicted molar refractivity (Wildman–Crippen MR) is 203 cm³/mol. The first-order chi connectivity index (χ1) is 25.5. The lowest BCUT2D eigenvalue weighted by Gasteiger charge is -2.24. The summed E-state index contributed by atoms with van der Waals surface area (Å²) in [5, 5.41) is 0. The molecule has 0 N–H and O–H groups in total. The highest BCUT2D eigenvalue weighted by Crippen LogP contribution is 2.39. The second-order valence-corrected chi connectivity index (χ2v) is 13.8. The van der Waals surface area contributed by atoms with E-state index in [-0.39, 0.29) is 12.2 Å². The van der Waals surface area contributed by atoms with E-state index in [2.05, 4.69) is 100 Å². The highest BCUT2D eigenvalue weighted by atomic mass is 16.6. The highest BCUT2D eigenvalue weighted by molar-refractivity contribution is 5.56. The first kappa shape index (κ1) is 37.7. The lowest BCUT2D eigenvalue weighted by Crippen LogP contribution is -2.15. The van der Waals surface area contributed by atoms with Crippen LogP contribution in [0.3, 0.4) is 0 Å². The van der Waals surface area contributed by atoms with Crippen molar-refractivity contribution in [1.82, 2.24) is 0 Å². The third-order valence-electron chi connectivity index (χ3n) is 9.01. The van der Waals surface area contributed by atoms with Crippen molar-refractivity contribution in [2.45, 2.75) is 65.6 Å². The molecule has 10 bridgehead atoms. The molecule has 0 saturated heterocycles. The lowest BCUT2D eigenvalue weighted by atomic mass is 9.91. The van der Waals surface area contributed by atoms with Gasteiger partial charge < -0.3 is 37.9 Å². The standard InChI is InChI=1S/C44H54O8/c1-31(2)51-43-37-13-7-14-38(43)28-34-10-6-12-36-30-40-16-8-15-39(44(40)52-32(3)4)29-35-11-5-9-33(27-37)41(35)49-25-23-47-21-19-45-17-18-46-20-22-48-24-26-50-42(34)36/h5-16,31-32H,17-30H2,1-4H3. The van der Waals surface area contributed by atoms with E-state index in [1.165, 1.54) is 0 Å². The van der Waals surface area contributed by atoms with E-state index >= 15 is 0 Å². The minimum atomic E-state index is -0.00248. The molecule has 8 heteroatoms. The van der Waals surface area contributed by atoms with Gasteiger partial charge in [0.2, 0.25) is 0 Å². The van der Waals surface area contributed by atoms with E-state index in [1.54, 1.807) is 0 Å². The molecule has 0 unspecified atom stereocenters. The molecule has 0 aromatic heterocycles. The van der Waals surface area contributed by atoms with Gasteiger partial charge in [-0.1, -0.05) is 72.8 Å². The van der Waals surface area contributed by atoms with Crippen molar-refractivity contribution in [3.63, 3.8) is 0 Å². The second-order valence-electron chi connectivity index (χ2n) is 13.8.